The number of aliphatic hydroxyl groups is 1. The van der Waals surface area contributed by atoms with Crippen LogP contribution >= 0.6 is 15.9 Å². The van der Waals surface area contributed by atoms with Crippen molar-refractivity contribution in [1.29, 1.82) is 0 Å². The number of methoxy groups -OCH3 is 1. The summed E-state index contributed by atoms with van der Waals surface area (Å²) >= 11 is 3.44. The third kappa shape index (κ3) is 2.68. The third-order valence-corrected chi connectivity index (χ3v) is 3.34. The molecule has 17 heavy (non-hydrogen) atoms. The second-order valence-corrected chi connectivity index (χ2v) is 4.56. The molecule has 0 aromatic heterocycles. The number of hydrogen-bond acceptors (Lipinski definition) is 2. The molecule has 2 aromatic rings. The van der Waals surface area contributed by atoms with Gasteiger partial charge in [-0.3, -0.25) is 0 Å². The normalized spacial score (nSPS) is 12.2. The Morgan fingerprint density at radius 1 is 1.12 bits per heavy atom. The Hall–Kier alpha value is -1.32. The standard InChI is InChI=1S/C14H13BrO2/c1-17-11-7-8-13(15)12(9-11)14(16)10-5-3-2-4-6-10/h2-9,14,16H,1H3/t14-/m1/s1. The smallest absolute Gasteiger partial charge is 0.119 e. The number of hydrogen-bond donors (Lipinski definition) is 1. The average Bonchev–Trinajstić information content (AvgIpc) is 2.39. The van der Waals surface area contributed by atoms with E-state index in [0.29, 0.717) is 0 Å². The molecule has 2 nitrogen and oxygen atoms in total. The SMILES string of the molecule is COc1ccc(Br)c([C@H](O)c2ccccc2)c1. The van der Waals surface area contributed by atoms with Crippen molar-refractivity contribution in [1.82, 2.24) is 0 Å². The third-order valence-electron chi connectivity index (χ3n) is 2.61. The zero-order chi connectivity index (χ0) is 12.3. The molecule has 2 aromatic carbocycles. The van der Waals surface area contributed by atoms with Crippen molar-refractivity contribution in [2.24, 2.45) is 0 Å². The van der Waals surface area contributed by atoms with Gasteiger partial charge in [0.15, 0.2) is 0 Å². The predicted octanol–water partition coefficient (Wildman–Crippen LogP) is 3.54. The zero-order valence-corrected chi connectivity index (χ0v) is 11.0. The fraction of sp³-hybridized carbons (Fsp3) is 0.143. The van der Waals surface area contributed by atoms with E-state index in [2.05, 4.69) is 15.9 Å². The summed E-state index contributed by atoms with van der Waals surface area (Å²) in [5.41, 5.74) is 1.66. The van der Waals surface area contributed by atoms with Gasteiger partial charge in [0.05, 0.1) is 7.11 Å². The molecule has 0 spiro atoms. The van der Waals surface area contributed by atoms with E-state index in [9.17, 15) is 5.11 Å². The second-order valence-electron chi connectivity index (χ2n) is 3.70. The molecule has 1 atom stereocenters. The van der Waals surface area contributed by atoms with Gasteiger partial charge in [-0.2, -0.15) is 0 Å². The monoisotopic (exact) mass is 292 g/mol. The van der Waals surface area contributed by atoms with Crippen LogP contribution in [0.25, 0.3) is 0 Å². The minimum absolute atomic E-state index is 0.652. The van der Waals surface area contributed by atoms with Crippen molar-refractivity contribution >= 4 is 15.9 Å². The maximum Gasteiger partial charge on any atom is 0.119 e. The van der Waals surface area contributed by atoms with Gasteiger partial charge < -0.3 is 9.84 Å². The Bertz CT molecular complexity index is 497. The van der Waals surface area contributed by atoms with E-state index in [1.54, 1.807) is 7.11 Å². The summed E-state index contributed by atoms with van der Waals surface area (Å²) in [4.78, 5) is 0. The van der Waals surface area contributed by atoms with Gasteiger partial charge in [-0.05, 0) is 23.8 Å². The molecule has 88 valence electrons. The first-order valence-electron chi connectivity index (χ1n) is 5.29. The first-order valence-corrected chi connectivity index (χ1v) is 6.08. The van der Waals surface area contributed by atoms with E-state index in [0.717, 1.165) is 21.3 Å². The Balaban J connectivity index is 2.40. The fourth-order valence-corrected chi connectivity index (χ4v) is 2.14. The molecular formula is C14H13BrO2. The van der Waals surface area contributed by atoms with Crippen molar-refractivity contribution in [2.45, 2.75) is 6.10 Å². The summed E-state index contributed by atoms with van der Waals surface area (Å²) in [6, 6.07) is 15.1. The van der Waals surface area contributed by atoms with Crippen LogP contribution in [0, 0.1) is 0 Å². The zero-order valence-electron chi connectivity index (χ0n) is 9.43. The summed E-state index contributed by atoms with van der Waals surface area (Å²) in [5, 5.41) is 10.3. The van der Waals surface area contributed by atoms with Crippen LogP contribution < -0.4 is 4.74 Å². The van der Waals surface area contributed by atoms with E-state index in [-0.39, 0.29) is 0 Å². The maximum atomic E-state index is 10.3. The molecule has 0 amide bonds. The Kier molecular flexibility index (Phi) is 3.82. The highest BCUT2D eigenvalue weighted by molar-refractivity contribution is 9.10. The Morgan fingerprint density at radius 2 is 1.82 bits per heavy atom. The first-order chi connectivity index (χ1) is 8.22. The summed E-state index contributed by atoms with van der Waals surface area (Å²) in [6.45, 7) is 0. The fourth-order valence-electron chi connectivity index (χ4n) is 1.67. The van der Waals surface area contributed by atoms with Gasteiger partial charge in [0.25, 0.3) is 0 Å². The molecule has 0 fully saturated rings. The molecule has 0 aliphatic carbocycles. The summed E-state index contributed by atoms with van der Waals surface area (Å²) in [6.07, 6.45) is -0.652. The second kappa shape index (κ2) is 5.34. The molecule has 0 aliphatic heterocycles. The van der Waals surface area contributed by atoms with Gasteiger partial charge >= 0.3 is 0 Å². The molecule has 0 radical (unpaired) electrons. The molecule has 2 rings (SSSR count). The first kappa shape index (κ1) is 12.1. The molecule has 0 bridgehead atoms. The van der Waals surface area contributed by atoms with E-state index in [1.807, 2.05) is 48.5 Å². The lowest BCUT2D eigenvalue weighted by Crippen LogP contribution is -2.01. The molecule has 0 heterocycles. The maximum absolute atomic E-state index is 10.3. The predicted molar refractivity (Wildman–Crippen MR) is 71.2 cm³/mol. The lowest BCUT2D eigenvalue weighted by molar-refractivity contribution is 0.219. The number of halogens is 1. The van der Waals surface area contributed by atoms with Crippen LogP contribution in [0.1, 0.15) is 17.2 Å². The number of benzene rings is 2. The van der Waals surface area contributed by atoms with Gasteiger partial charge in [-0.15, -0.1) is 0 Å². The van der Waals surface area contributed by atoms with Gasteiger partial charge in [0.1, 0.15) is 11.9 Å². The van der Waals surface area contributed by atoms with Crippen molar-refractivity contribution in [3.63, 3.8) is 0 Å². The van der Waals surface area contributed by atoms with Gasteiger partial charge in [0, 0.05) is 10.0 Å². The quantitative estimate of drug-likeness (QED) is 0.938. The summed E-state index contributed by atoms with van der Waals surface area (Å²) in [7, 11) is 1.61. The van der Waals surface area contributed by atoms with Crippen LogP contribution in [0.4, 0.5) is 0 Å². The highest BCUT2D eigenvalue weighted by atomic mass is 79.9. The van der Waals surface area contributed by atoms with Crippen molar-refractivity contribution in [3.8, 4) is 5.75 Å². The minimum Gasteiger partial charge on any atom is -0.497 e. The van der Waals surface area contributed by atoms with Crippen LogP contribution in [0.3, 0.4) is 0 Å². The minimum atomic E-state index is -0.652. The van der Waals surface area contributed by atoms with Crippen LogP contribution in [0.2, 0.25) is 0 Å². The van der Waals surface area contributed by atoms with Gasteiger partial charge in [0.2, 0.25) is 0 Å². The Morgan fingerprint density at radius 3 is 2.47 bits per heavy atom. The molecule has 0 unspecified atom stereocenters. The average molecular weight is 293 g/mol. The summed E-state index contributed by atoms with van der Waals surface area (Å²) < 4.78 is 6.03. The van der Waals surface area contributed by atoms with E-state index >= 15 is 0 Å². The van der Waals surface area contributed by atoms with Gasteiger partial charge in [-0.1, -0.05) is 46.3 Å². The van der Waals surface area contributed by atoms with Crippen LogP contribution in [-0.2, 0) is 0 Å². The summed E-state index contributed by atoms with van der Waals surface area (Å²) in [5.74, 6) is 0.734. The number of aliphatic hydroxyl groups excluding tert-OH is 1. The van der Waals surface area contributed by atoms with Crippen LogP contribution in [-0.4, -0.2) is 12.2 Å². The number of ether oxygens (including phenoxy) is 1. The van der Waals surface area contributed by atoms with E-state index in [4.69, 9.17) is 4.74 Å². The molecular weight excluding hydrogens is 280 g/mol. The highest BCUT2D eigenvalue weighted by Gasteiger charge is 2.14. The van der Waals surface area contributed by atoms with Crippen LogP contribution in [0.15, 0.2) is 53.0 Å². The molecule has 1 N–H and O–H groups in total. The van der Waals surface area contributed by atoms with Crippen molar-refractivity contribution in [3.05, 3.63) is 64.1 Å². The van der Waals surface area contributed by atoms with Crippen molar-refractivity contribution < 1.29 is 9.84 Å². The van der Waals surface area contributed by atoms with Gasteiger partial charge in [-0.25, -0.2) is 0 Å². The molecule has 0 saturated carbocycles. The molecule has 3 heteroatoms. The highest BCUT2D eigenvalue weighted by Crippen LogP contribution is 2.31. The van der Waals surface area contributed by atoms with E-state index in [1.165, 1.54) is 0 Å². The van der Waals surface area contributed by atoms with Crippen LogP contribution in [0.5, 0.6) is 5.75 Å². The molecule has 0 aliphatic rings. The lowest BCUT2D eigenvalue weighted by atomic mass is 10.0. The Labute approximate surface area is 109 Å². The van der Waals surface area contributed by atoms with Crippen molar-refractivity contribution in [2.75, 3.05) is 7.11 Å². The van der Waals surface area contributed by atoms with E-state index < -0.39 is 6.10 Å². The molecule has 0 saturated heterocycles. The topological polar surface area (TPSA) is 29.5 Å². The largest absolute Gasteiger partial charge is 0.497 e. The lowest BCUT2D eigenvalue weighted by Gasteiger charge is -2.14. The number of rotatable bonds is 3.